The fourth-order valence-corrected chi connectivity index (χ4v) is 1.33. The van der Waals surface area contributed by atoms with Crippen LogP contribution in [-0.4, -0.2) is 21.4 Å². The molecule has 84 valence electrons. The number of nitrogens with zero attached hydrogens (tertiary/aromatic N) is 3. The molecule has 0 unspecified atom stereocenters. The lowest BCUT2D eigenvalue weighted by Crippen LogP contribution is -1.92. The first-order valence-electron chi connectivity index (χ1n) is 5.12. The van der Waals surface area contributed by atoms with Gasteiger partial charge in [0, 0.05) is 6.20 Å². The summed E-state index contributed by atoms with van der Waals surface area (Å²) in [6.07, 6.45) is 6.62. The molecule has 17 heavy (non-hydrogen) atoms. The summed E-state index contributed by atoms with van der Waals surface area (Å²) in [4.78, 5) is 8.27. The molecule has 0 bridgehead atoms. The number of hydrogen-bond acceptors (Lipinski definition) is 4. The van der Waals surface area contributed by atoms with Gasteiger partial charge in [-0.2, -0.15) is 0 Å². The van der Waals surface area contributed by atoms with Crippen LogP contribution in [0.15, 0.2) is 47.8 Å². The fraction of sp³-hybridized carbons (Fsp3) is 0. The molecule has 1 aromatic heterocycles. The summed E-state index contributed by atoms with van der Waals surface area (Å²) < 4.78 is 0. The molecule has 1 N–H and O–H groups in total. The van der Waals surface area contributed by atoms with Crippen molar-refractivity contribution in [2.24, 2.45) is 5.16 Å². The smallest absolute Gasteiger partial charge is 0.152 e. The first-order chi connectivity index (χ1) is 8.38. The Hall–Kier alpha value is -2.49. The zero-order chi connectivity index (χ0) is 11.9. The Kier molecular flexibility index (Phi) is 3.60. The van der Waals surface area contributed by atoms with Crippen molar-refractivity contribution in [2.75, 3.05) is 0 Å². The third-order valence-corrected chi connectivity index (χ3v) is 2.11. The highest BCUT2D eigenvalue weighted by Crippen LogP contribution is 2.04. The van der Waals surface area contributed by atoms with Crippen LogP contribution in [-0.2, 0) is 0 Å². The highest BCUT2D eigenvalue weighted by Gasteiger charge is 1.93. The van der Waals surface area contributed by atoms with E-state index in [0.29, 0.717) is 11.5 Å². The average molecular weight is 225 g/mol. The zero-order valence-corrected chi connectivity index (χ0v) is 9.06. The average Bonchev–Trinajstić information content (AvgIpc) is 2.39. The van der Waals surface area contributed by atoms with Crippen LogP contribution in [0.25, 0.3) is 12.2 Å². The number of benzene rings is 1. The minimum Gasteiger partial charge on any atom is -0.411 e. The Morgan fingerprint density at radius 2 is 1.88 bits per heavy atom. The van der Waals surface area contributed by atoms with Crippen molar-refractivity contribution in [3.63, 3.8) is 0 Å². The Bertz CT molecular complexity index is 535. The van der Waals surface area contributed by atoms with E-state index in [2.05, 4.69) is 15.1 Å². The molecule has 0 aliphatic heterocycles. The summed E-state index contributed by atoms with van der Waals surface area (Å²) in [6.45, 7) is 0. The number of hydrogen-bond donors (Lipinski definition) is 1. The topological polar surface area (TPSA) is 58.4 Å². The van der Waals surface area contributed by atoms with Gasteiger partial charge in [0.05, 0.1) is 11.9 Å². The van der Waals surface area contributed by atoms with Crippen molar-refractivity contribution in [3.8, 4) is 0 Å². The van der Waals surface area contributed by atoms with E-state index in [1.807, 2.05) is 42.5 Å². The molecule has 0 saturated heterocycles. The van der Waals surface area contributed by atoms with Gasteiger partial charge in [-0.25, -0.2) is 9.97 Å². The number of aromatic nitrogens is 2. The Morgan fingerprint density at radius 3 is 2.65 bits per heavy atom. The van der Waals surface area contributed by atoms with Gasteiger partial charge in [-0.3, -0.25) is 0 Å². The second-order valence-corrected chi connectivity index (χ2v) is 3.33. The first-order valence-corrected chi connectivity index (χ1v) is 5.12. The molecule has 0 saturated carbocycles. The number of oxime groups is 1. The third kappa shape index (κ3) is 3.24. The van der Waals surface area contributed by atoms with Crippen LogP contribution in [0.4, 0.5) is 0 Å². The van der Waals surface area contributed by atoms with Crippen molar-refractivity contribution < 1.29 is 5.21 Å². The molecule has 4 nitrogen and oxygen atoms in total. The monoisotopic (exact) mass is 225 g/mol. The van der Waals surface area contributed by atoms with Crippen molar-refractivity contribution in [1.82, 2.24) is 9.97 Å². The molecule has 0 aliphatic rings. The minimum absolute atomic E-state index is 0.565. The Morgan fingerprint density at radius 1 is 1.06 bits per heavy atom. The maximum Gasteiger partial charge on any atom is 0.152 e. The summed E-state index contributed by atoms with van der Waals surface area (Å²) in [5.74, 6) is 0.575. The fourth-order valence-electron chi connectivity index (χ4n) is 1.33. The molecule has 0 fully saturated rings. The van der Waals surface area contributed by atoms with Gasteiger partial charge in [-0.15, -0.1) is 0 Å². The van der Waals surface area contributed by atoms with E-state index in [4.69, 9.17) is 5.21 Å². The zero-order valence-electron chi connectivity index (χ0n) is 9.06. The summed E-state index contributed by atoms with van der Waals surface area (Å²) in [5.41, 5.74) is 1.65. The molecule has 0 atom stereocenters. The molecule has 1 aromatic carbocycles. The van der Waals surface area contributed by atoms with Gasteiger partial charge in [0.15, 0.2) is 5.82 Å². The molecule has 1 heterocycles. The Balaban J connectivity index is 2.19. The summed E-state index contributed by atoms with van der Waals surface area (Å²) in [6, 6.07) is 11.6. The maximum atomic E-state index is 8.41. The van der Waals surface area contributed by atoms with Gasteiger partial charge in [0.2, 0.25) is 0 Å². The van der Waals surface area contributed by atoms with E-state index >= 15 is 0 Å². The Labute approximate surface area is 99.0 Å². The highest BCUT2D eigenvalue weighted by atomic mass is 16.4. The van der Waals surface area contributed by atoms with Gasteiger partial charge >= 0.3 is 0 Å². The standard InChI is InChI=1S/C13H11N3O/c17-15-10-12-8-9-14-13(16-12)7-6-11-4-2-1-3-5-11/h1-10,17H/b7-6+,15-10-. The predicted octanol–water partition coefficient (Wildman–Crippen LogP) is 2.46. The van der Waals surface area contributed by atoms with Crippen molar-refractivity contribution in [3.05, 3.63) is 59.7 Å². The lowest BCUT2D eigenvalue weighted by atomic mass is 10.2. The molecule has 2 aromatic rings. The predicted molar refractivity (Wildman–Crippen MR) is 66.8 cm³/mol. The maximum absolute atomic E-state index is 8.41. The van der Waals surface area contributed by atoms with Crippen LogP contribution < -0.4 is 0 Å². The normalized spacial score (nSPS) is 11.3. The van der Waals surface area contributed by atoms with E-state index in [9.17, 15) is 0 Å². The minimum atomic E-state index is 0.565. The van der Waals surface area contributed by atoms with Gasteiger partial charge < -0.3 is 5.21 Å². The molecule has 2 rings (SSSR count). The lowest BCUT2D eigenvalue weighted by molar-refractivity contribution is 0.321. The van der Waals surface area contributed by atoms with Crippen LogP contribution >= 0.6 is 0 Å². The van der Waals surface area contributed by atoms with Crippen LogP contribution in [0.5, 0.6) is 0 Å². The van der Waals surface area contributed by atoms with Gasteiger partial charge in [0.25, 0.3) is 0 Å². The lowest BCUT2D eigenvalue weighted by Gasteiger charge is -1.94. The van der Waals surface area contributed by atoms with Crippen molar-refractivity contribution >= 4 is 18.4 Å². The highest BCUT2D eigenvalue weighted by molar-refractivity contribution is 5.77. The largest absolute Gasteiger partial charge is 0.411 e. The van der Waals surface area contributed by atoms with Crippen LogP contribution in [0, 0.1) is 0 Å². The number of rotatable bonds is 3. The van der Waals surface area contributed by atoms with Gasteiger partial charge in [0.1, 0.15) is 0 Å². The van der Waals surface area contributed by atoms with E-state index in [0.717, 1.165) is 5.56 Å². The van der Waals surface area contributed by atoms with E-state index in [1.54, 1.807) is 12.3 Å². The molecule has 0 amide bonds. The van der Waals surface area contributed by atoms with Gasteiger partial charge in [-0.1, -0.05) is 41.6 Å². The van der Waals surface area contributed by atoms with E-state index in [-0.39, 0.29) is 0 Å². The summed E-state index contributed by atoms with van der Waals surface area (Å²) in [7, 11) is 0. The third-order valence-electron chi connectivity index (χ3n) is 2.11. The second-order valence-electron chi connectivity index (χ2n) is 3.33. The molecule has 0 aliphatic carbocycles. The van der Waals surface area contributed by atoms with Crippen molar-refractivity contribution in [1.29, 1.82) is 0 Å². The molecule has 4 heteroatoms. The van der Waals surface area contributed by atoms with Crippen LogP contribution in [0.1, 0.15) is 17.1 Å². The van der Waals surface area contributed by atoms with Gasteiger partial charge in [-0.05, 0) is 17.7 Å². The molecule has 0 spiro atoms. The SMILES string of the molecule is O/N=C\c1ccnc(/C=C/c2ccccc2)n1. The van der Waals surface area contributed by atoms with E-state index in [1.165, 1.54) is 6.21 Å². The second kappa shape index (κ2) is 5.55. The summed E-state index contributed by atoms with van der Waals surface area (Å²) in [5, 5.41) is 11.3. The first kappa shape index (κ1) is 11.0. The molecular weight excluding hydrogens is 214 g/mol. The molecular formula is C13H11N3O. The van der Waals surface area contributed by atoms with Crippen molar-refractivity contribution in [2.45, 2.75) is 0 Å². The quantitative estimate of drug-likeness (QED) is 0.496. The van der Waals surface area contributed by atoms with Crippen LogP contribution in [0.3, 0.4) is 0 Å². The van der Waals surface area contributed by atoms with E-state index < -0.39 is 0 Å². The van der Waals surface area contributed by atoms with Crippen LogP contribution in [0.2, 0.25) is 0 Å². The molecule has 0 radical (unpaired) electrons. The summed E-state index contributed by atoms with van der Waals surface area (Å²) >= 11 is 0.